The Labute approximate surface area is 111 Å². The van der Waals surface area contributed by atoms with Crippen molar-refractivity contribution < 1.29 is 4.39 Å². The van der Waals surface area contributed by atoms with Crippen molar-refractivity contribution in [3.05, 3.63) is 72.2 Å². The third-order valence-electron chi connectivity index (χ3n) is 2.99. The van der Waals surface area contributed by atoms with E-state index in [0.717, 1.165) is 16.5 Å². The first-order valence-electron chi connectivity index (χ1n) is 6.11. The van der Waals surface area contributed by atoms with E-state index in [4.69, 9.17) is 0 Å². The van der Waals surface area contributed by atoms with Crippen molar-refractivity contribution in [2.75, 3.05) is 0 Å². The first-order chi connectivity index (χ1) is 9.33. The van der Waals surface area contributed by atoms with Crippen LogP contribution in [0.15, 0.2) is 60.8 Å². The summed E-state index contributed by atoms with van der Waals surface area (Å²) in [4.78, 5) is 0. The molecule has 0 bridgehead atoms. The Kier molecular flexibility index (Phi) is 3.04. The van der Waals surface area contributed by atoms with Crippen LogP contribution in [0.4, 0.5) is 4.39 Å². The van der Waals surface area contributed by atoms with E-state index >= 15 is 0 Å². The number of nitrogens with zero attached hydrogens (tertiary/aromatic N) is 1. The summed E-state index contributed by atoms with van der Waals surface area (Å²) >= 11 is 0. The number of halogens is 1. The summed E-state index contributed by atoms with van der Waals surface area (Å²) in [6.07, 6.45) is 1.93. The summed E-state index contributed by atoms with van der Waals surface area (Å²) in [5, 5.41) is 1.03. The Morgan fingerprint density at radius 3 is 2.68 bits per heavy atom. The molecule has 0 fully saturated rings. The number of benzene rings is 2. The highest BCUT2D eigenvalue weighted by Gasteiger charge is 2.00. The Bertz CT molecular complexity index is 760. The van der Waals surface area contributed by atoms with Gasteiger partial charge in [0.2, 0.25) is 0 Å². The maximum atomic E-state index is 13.2. The number of aromatic nitrogens is 1. The van der Waals surface area contributed by atoms with Crippen LogP contribution in [0.3, 0.4) is 0 Å². The Morgan fingerprint density at radius 2 is 1.84 bits per heavy atom. The molecule has 0 saturated heterocycles. The van der Waals surface area contributed by atoms with Gasteiger partial charge in [0.1, 0.15) is 5.82 Å². The molecule has 92 valence electrons. The summed E-state index contributed by atoms with van der Waals surface area (Å²) in [6.45, 7) is 0.557. The summed E-state index contributed by atoms with van der Waals surface area (Å²) < 4.78 is 15.2. The van der Waals surface area contributed by atoms with Gasteiger partial charge in [0.15, 0.2) is 0 Å². The lowest BCUT2D eigenvalue weighted by atomic mass is 10.2. The van der Waals surface area contributed by atoms with Gasteiger partial charge in [0.05, 0.1) is 12.1 Å². The minimum Gasteiger partial charge on any atom is -0.336 e. The molecule has 2 aromatic carbocycles. The maximum Gasteiger partial charge on any atom is 0.125 e. The predicted molar refractivity (Wildman–Crippen MR) is 75.2 cm³/mol. The van der Waals surface area contributed by atoms with Crippen molar-refractivity contribution in [2.24, 2.45) is 0 Å². The molecule has 1 aromatic heterocycles. The molecule has 3 rings (SSSR count). The lowest BCUT2D eigenvalue weighted by molar-refractivity contribution is 0.628. The van der Waals surface area contributed by atoms with Crippen molar-refractivity contribution in [1.29, 1.82) is 0 Å². The van der Waals surface area contributed by atoms with E-state index < -0.39 is 0 Å². The molecule has 1 nitrogen and oxygen atoms in total. The quantitative estimate of drug-likeness (QED) is 0.578. The largest absolute Gasteiger partial charge is 0.336 e. The van der Waals surface area contributed by atoms with Gasteiger partial charge >= 0.3 is 0 Å². The fourth-order valence-corrected chi connectivity index (χ4v) is 2.04. The first-order valence-corrected chi connectivity index (χ1v) is 6.11. The Hall–Kier alpha value is -2.53. The fourth-order valence-electron chi connectivity index (χ4n) is 2.04. The molecule has 0 amide bonds. The maximum absolute atomic E-state index is 13.2. The molecule has 0 aliphatic rings. The highest BCUT2D eigenvalue weighted by atomic mass is 19.1. The van der Waals surface area contributed by atoms with E-state index in [1.54, 1.807) is 12.1 Å². The minimum atomic E-state index is -0.219. The number of hydrogen-bond donors (Lipinski definition) is 0. The lowest BCUT2D eigenvalue weighted by Gasteiger charge is -1.99. The van der Waals surface area contributed by atoms with Crippen LogP contribution in [0.2, 0.25) is 0 Å². The van der Waals surface area contributed by atoms with Crippen molar-refractivity contribution in [3.63, 3.8) is 0 Å². The molecule has 0 unspecified atom stereocenters. The standard InChI is InChI=1S/C17H12FN/c18-16-9-8-15-10-12-19(17(15)13-16)11-4-7-14-5-2-1-3-6-14/h1-3,5-6,8-10,12-13H,11H2. The molecule has 0 atom stereocenters. The molecule has 19 heavy (non-hydrogen) atoms. The van der Waals surface area contributed by atoms with E-state index in [0.29, 0.717) is 6.54 Å². The monoisotopic (exact) mass is 249 g/mol. The average molecular weight is 249 g/mol. The van der Waals surface area contributed by atoms with E-state index in [1.165, 1.54) is 6.07 Å². The number of fused-ring (bicyclic) bond motifs is 1. The molecule has 3 aromatic rings. The van der Waals surface area contributed by atoms with Gasteiger partial charge in [-0.25, -0.2) is 4.39 Å². The predicted octanol–water partition coefficient (Wildman–Crippen LogP) is 3.83. The van der Waals surface area contributed by atoms with Gasteiger partial charge in [-0.2, -0.15) is 0 Å². The van der Waals surface area contributed by atoms with Gasteiger partial charge in [-0.1, -0.05) is 30.0 Å². The van der Waals surface area contributed by atoms with Gasteiger partial charge in [0, 0.05) is 11.8 Å². The lowest BCUT2D eigenvalue weighted by Crippen LogP contribution is -1.93. The summed E-state index contributed by atoms with van der Waals surface area (Å²) in [5.74, 6) is 5.98. The van der Waals surface area contributed by atoms with Crippen molar-refractivity contribution in [1.82, 2.24) is 4.57 Å². The fraction of sp³-hybridized carbons (Fsp3) is 0.0588. The Morgan fingerprint density at radius 1 is 1.00 bits per heavy atom. The summed E-state index contributed by atoms with van der Waals surface area (Å²) in [7, 11) is 0. The molecule has 0 spiro atoms. The second kappa shape index (κ2) is 4.99. The van der Waals surface area contributed by atoms with Crippen LogP contribution in [-0.4, -0.2) is 4.57 Å². The number of hydrogen-bond acceptors (Lipinski definition) is 0. The SMILES string of the molecule is Fc1ccc2ccn(CC#Cc3ccccc3)c2c1. The van der Waals surface area contributed by atoms with E-state index in [-0.39, 0.29) is 5.82 Å². The van der Waals surface area contributed by atoms with Crippen LogP contribution in [0, 0.1) is 17.7 Å². The molecule has 0 saturated carbocycles. The van der Waals surface area contributed by atoms with Gasteiger partial charge in [-0.05, 0) is 41.8 Å². The zero-order valence-electron chi connectivity index (χ0n) is 10.3. The zero-order valence-corrected chi connectivity index (χ0v) is 10.3. The molecular formula is C17H12FN. The summed E-state index contributed by atoms with van der Waals surface area (Å²) in [5.41, 5.74) is 1.87. The van der Waals surface area contributed by atoms with Gasteiger partial charge in [0.25, 0.3) is 0 Å². The minimum absolute atomic E-state index is 0.219. The topological polar surface area (TPSA) is 4.93 Å². The molecule has 2 heteroatoms. The molecular weight excluding hydrogens is 237 g/mol. The van der Waals surface area contributed by atoms with Crippen LogP contribution in [0.25, 0.3) is 10.9 Å². The van der Waals surface area contributed by atoms with Gasteiger partial charge < -0.3 is 4.57 Å². The third kappa shape index (κ3) is 2.51. The highest BCUT2D eigenvalue weighted by molar-refractivity contribution is 5.80. The van der Waals surface area contributed by atoms with E-state index in [2.05, 4.69) is 11.8 Å². The first kappa shape index (κ1) is 11.6. The van der Waals surface area contributed by atoms with Gasteiger partial charge in [-0.15, -0.1) is 0 Å². The van der Waals surface area contributed by atoms with Crippen LogP contribution in [0.1, 0.15) is 5.56 Å². The van der Waals surface area contributed by atoms with Crippen LogP contribution in [0.5, 0.6) is 0 Å². The second-order valence-corrected chi connectivity index (χ2v) is 4.31. The Balaban J connectivity index is 1.87. The van der Waals surface area contributed by atoms with Crippen LogP contribution in [-0.2, 0) is 6.54 Å². The molecule has 0 radical (unpaired) electrons. The van der Waals surface area contributed by atoms with Crippen molar-refractivity contribution in [2.45, 2.75) is 6.54 Å². The molecule has 1 heterocycles. The van der Waals surface area contributed by atoms with Crippen LogP contribution < -0.4 is 0 Å². The van der Waals surface area contributed by atoms with Crippen molar-refractivity contribution in [3.8, 4) is 11.8 Å². The number of rotatable bonds is 1. The highest BCUT2D eigenvalue weighted by Crippen LogP contribution is 2.16. The second-order valence-electron chi connectivity index (χ2n) is 4.31. The van der Waals surface area contributed by atoms with Crippen molar-refractivity contribution >= 4 is 10.9 Å². The normalized spacial score (nSPS) is 10.2. The van der Waals surface area contributed by atoms with E-state index in [1.807, 2.05) is 47.2 Å². The third-order valence-corrected chi connectivity index (χ3v) is 2.99. The zero-order chi connectivity index (χ0) is 13.1. The van der Waals surface area contributed by atoms with Gasteiger partial charge in [-0.3, -0.25) is 0 Å². The molecule has 0 aliphatic carbocycles. The smallest absolute Gasteiger partial charge is 0.125 e. The molecule has 0 aliphatic heterocycles. The van der Waals surface area contributed by atoms with Crippen LogP contribution >= 0.6 is 0 Å². The molecule has 0 N–H and O–H groups in total. The van der Waals surface area contributed by atoms with E-state index in [9.17, 15) is 4.39 Å². The average Bonchev–Trinajstić information content (AvgIpc) is 2.83. The summed E-state index contributed by atoms with van der Waals surface area (Å²) in [6, 6.07) is 16.6.